The van der Waals surface area contributed by atoms with Crippen molar-refractivity contribution in [3.63, 3.8) is 0 Å². The first-order chi connectivity index (χ1) is 22.5. The lowest BCUT2D eigenvalue weighted by Crippen LogP contribution is -2.11. The van der Waals surface area contributed by atoms with Gasteiger partial charge >= 0.3 is 0 Å². The Balaban J connectivity index is 1.36. The van der Waals surface area contributed by atoms with E-state index in [9.17, 15) is 1.37 Å². The summed E-state index contributed by atoms with van der Waals surface area (Å²) in [5, 5.41) is 4.24. The Labute approximate surface area is 250 Å². The monoisotopic (exact) mass is 541 g/mol. The summed E-state index contributed by atoms with van der Waals surface area (Å²) >= 11 is 0. The van der Waals surface area contributed by atoms with Crippen molar-refractivity contribution in [2.75, 3.05) is 4.90 Å². The van der Waals surface area contributed by atoms with E-state index in [2.05, 4.69) is 30.3 Å². The predicted molar refractivity (Wildman–Crippen MR) is 177 cm³/mol. The third kappa shape index (κ3) is 4.13. The summed E-state index contributed by atoms with van der Waals surface area (Å²) < 4.78 is 41.7. The molecule has 0 saturated heterocycles. The zero-order valence-electron chi connectivity index (χ0n) is 26.6. The summed E-state index contributed by atoms with van der Waals surface area (Å²) in [6.45, 7) is 0. The summed E-state index contributed by atoms with van der Waals surface area (Å²) in [5.41, 5.74) is 6.71. The van der Waals surface area contributed by atoms with Crippen LogP contribution in [0.3, 0.4) is 0 Å². The maximum atomic E-state index is 9.19. The van der Waals surface area contributed by atoms with E-state index in [4.69, 9.17) is 8.53 Å². The van der Waals surface area contributed by atoms with Crippen LogP contribution in [0.5, 0.6) is 0 Å². The summed E-state index contributed by atoms with van der Waals surface area (Å²) in [7, 11) is 0. The van der Waals surface area contributed by atoms with E-state index in [0.717, 1.165) is 55.2 Å². The highest BCUT2D eigenvalue weighted by Gasteiger charge is 2.18. The molecule has 0 fully saturated rings. The van der Waals surface area contributed by atoms with Gasteiger partial charge in [0.25, 0.3) is 0 Å². The molecular formula is C40H27NO. The fraction of sp³-hybridized carbons (Fsp3) is 0. The first-order valence-corrected chi connectivity index (χ1v) is 13.9. The number of benzene rings is 7. The zero-order valence-corrected chi connectivity index (χ0v) is 22.6. The van der Waals surface area contributed by atoms with Crippen LogP contribution in [0, 0.1) is 0 Å². The quantitative estimate of drug-likeness (QED) is 0.215. The van der Waals surface area contributed by atoms with Gasteiger partial charge in [0, 0.05) is 33.3 Å². The zero-order chi connectivity index (χ0) is 31.4. The smallest absolute Gasteiger partial charge is 0.143 e. The van der Waals surface area contributed by atoms with Gasteiger partial charge in [0.05, 0.1) is 11.2 Å². The molecule has 0 unspecified atom stereocenters. The minimum absolute atomic E-state index is 0.0822. The van der Waals surface area contributed by atoms with E-state index in [1.807, 2.05) is 114 Å². The molecule has 0 saturated carbocycles. The lowest BCUT2D eigenvalue weighted by molar-refractivity contribution is 0.670. The molecule has 1 heterocycles. The molecule has 7 aromatic carbocycles. The molecule has 8 aromatic rings. The van der Waals surface area contributed by atoms with Crippen LogP contribution in [-0.4, -0.2) is 0 Å². The van der Waals surface area contributed by atoms with Gasteiger partial charge in [-0.3, -0.25) is 0 Å². The molecule has 0 aliphatic carbocycles. The van der Waals surface area contributed by atoms with Crippen molar-refractivity contribution in [1.29, 1.82) is 0 Å². The second kappa shape index (κ2) is 10.1. The number of anilines is 3. The molecule has 0 aliphatic heterocycles. The summed E-state index contributed by atoms with van der Waals surface area (Å²) in [5.74, 6) is 0. The van der Waals surface area contributed by atoms with Crippen molar-refractivity contribution in [2.24, 2.45) is 0 Å². The maximum absolute atomic E-state index is 9.19. The van der Waals surface area contributed by atoms with Gasteiger partial charge in [-0.1, -0.05) is 127 Å². The van der Waals surface area contributed by atoms with E-state index in [-0.39, 0.29) is 24.2 Å². The molecule has 0 N–H and O–H groups in total. The van der Waals surface area contributed by atoms with Gasteiger partial charge < -0.3 is 9.32 Å². The summed E-state index contributed by atoms with van der Waals surface area (Å²) in [6.07, 6.45) is 0. The fourth-order valence-electron chi connectivity index (χ4n) is 5.77. The number of nitrogens with zero attached hydrogens (tertiary/aromatic N) is 1. The second-order valence-corrected chi connectivity index (χ2v) is 10.3. The number of fused-ring (bicyclic) bond motifs is 4. The number of rotatable bonds is 5. The second-order valence-electron chi connectivity index (χ2n) is 10.3. The topological polar surface area (TPSA) is 16.4 Å². The summed E-state index contributed by atoms with van der Waals surface area (Å²) in [4.78, 5) is 1.94. The molecule has 0 spiro atoms. The van der Waals surface area contributed by atoms with E-state index < -0.39 is 0 Å². The lowest BCUT2D eigenvalue weighted by Gasteiger charge is -2.28. The van der Waals surface area contributed by atoms with Gasteiger partial charge in [-0.2, -0.15) is 0 Å². The average molecular weight is 542 g/mol. The van der Waals surface area contributed by atoms with Crippen LogP contribution < -0.4 is 4.90 Å². The fourth-order valence-corrected chi connectivity index (χ4v) is 5.77. The normalized spacial score (nSPS) is 12.7. The molecule has 8 rings (SSSR count). The molecule has 2 heteroatoms. The van der Waals surface area contributed by atoms with Gasteiger partial charge in [0.15, 0.2) is 0 Å². The van der Waals surface area contributed by atoms with Gasteiger partial charge in [-0.05, 0) is 58.3 Å². The Morgan fingerprint density at radius 3 is 2.07 bits per heavy atom. The van der Waals surface area contributed by atoms with Crippen molar-refractivity contribution in [2.45, 2.75) is 0 Å². The highest BCUT2D eigenvalue weighted by atomic mass is 16.3. The van der Waals surface area contributed by atoms with Gasteiger partial charge in [-0.15, -0.1) is 0 Å². The third-order valence-electron chi connectivity index (χ3n) is 7.79. The molecule has 0 aliphatic rings. The van der Waals surface area contributed by atoms with E-state index in [1.54, 1.807) is 0 Å². The first kappa shape index (κ1) is 20.3. The molecule has 0 amide bonds. The molecule has 1 aromatic heterocycles. The minimum Gasteiger partial charge on any atom is -0.455 e. The average Bonchev–Trinajstić information content (AvgIpc) is 3.49. The van der Waals surface area contributed by atoms with Gasteiger partial charge in [0.1, 0.15) is 11.2 Å². The van der Waals surface area contributed by atoms with Crippen LogP contribution in [0.1, 0.15) is 5.48 Å². The lowest BCUT2D eigenvalue weighted by atomic mass is 10.00. The van der Waals surface area contributed by atoms with Crippen LogP contribution in [0.2, 0.25) is 0 Å². The molecule has 198 valence electrons. The first-order valence-electron chi connectivity index (χ1n) is 15.9. The Morgan fingerprint density at radius 1 is 0.500 bits per heavy atom. The van der Waals surface area contributed by atoms with Crippen LogP contribution in [0.15, 0.2) is 168 Å². The number of hydrogen-bond donors (Lipinski definition) is 0. The highest BCUT2D eigenvalue weighted by molar-refractivity contribution is 6.09. The largest absolute Gasteiger partial charge is 0.455 e. The van der Waals surface area contributed by atoms with Gasteiger partial charge in [-0.25, -0.2) is 0 Å². The third-order valence-corrected chi connectivity index (χ3v) is 7.79. The minimum atomic E-state index is -0.279. The maximum Gasteiger partial charge on any atom is 0.143 e. The van der Waals surface area contributed by atoms with Crippen LogP contribution >= 0.6 is 0 Å². The molecule has 0 radical (unpaired) electrons. The number of para-hydroxylation sites is 3. The predicted octanol–water partition coefficient (Wildman–Crippen LogP) is 11.5. The molecule has 0 atom stereocenters. The molecule has 42 heavy (non-hydrogen) atoms. The van der Waals surface area contributed by atoms with Crippen molar-refractivity contribution < 1.29 is 9.90 Å². The van der Waals surface area contributed by atoms with E-state index in [1.165, 1.54) is 0 Å². The van der Waals surface area contributed by atoms with Crippen molar-refractivity contribution in [1.82, 2.24) is 0 Å². The van der Waals surface area contributed by atoms with Crippen LogP contribution in [0.25, 0.3) is 55.0 Å². The van der Waals surface area contributed by atoms with E-state index in [0.29, 0.717) is 16.8 Å². The van der Waals surface area contributed by atoms with Crippen molar-refractivity contribution in [3.05, 3.63) is 164 Å². The highest BCUT2D eigenvalue weighted by Crippen LogP contribution is 2.42. The van der Waals surface area contributed by atoms with E-state index >= 15 is 0 Å². The van der Waals surface area contributed by atoms with Crippen molar-refractivity contribution in [3.8, 4) is 22.3 Å². The van der Waals surface area contributed by atoms with Crippen molar-refractivity contribution >= 4 is 49.8 Å². The standard InChI is InChI=1S/C40H27NO/c1-2-12-29(13-3-1)34-15-6-8-19-38(34)41(33-26-21-28-11-4-5-14-31(28)27-33)32-24-22-30(23-25-32)35-17-10-18-37-36-16-7-9-20-39(36)42-40(35)37/h1-27H/i6D,8D,15D,19D. The number of furan rings is 1. The molecule has 2 nitrogen and oxygen atoms in total. The summed E-state index contributed by atoms with van der Waals surface area (Å²) in [6, 6.07) is 45.2. The van der Waals surface area contributed by atoms with Crippen LogP contribution in [-0.2, 0) is 0 Å². The SMILES string of the molecule is [2H]c1c([2H])c([2H])c(N(c2ccc(-c3cccc4c3oc3ccccc34)cc2)c2ccc3ccccc3c2)c(-c2ccccc2)c1[2H]. The van der Waals surface area contributed by atoms with Gasteiger partial charge in [0.2, 0.25) is 0 Å². The van der Waals surface area contributed by atoms with Crippen LogP contribution in [0.4, 0.5) is 17.1 Å². The Kier molecular flexibility index (Phi) is 4.88. The Morgan fingerprint density at radius 2 is 1.19 bits per heavy atom. The Hall–Kier alpha value is -5.60. The number of hydrogen-bond acceptors (Lipinski definition) is 2. The molecular weight excluding hydrogens is 510 g/mol. The molecule has 0 bridgehead atoms. The Bertz CT molecular complexity index is 2420.